The number of aromatic nitrogens is 1. The van der Waals surface area contributed by atoms with Crippen LogP contribution in [0.25, 0.3) is 10.9 Å². The molecule has 2 atom stereocenters. The Hall–Kier alpha value is -2.61. The van der Waals surface area contributed by atoms with Crippen LogP contribution >= 0.6 is 0 Å². The lowest BCUT2D eigenvalue weighted by Gasteiger charge is -2.25. The molecule has 1 amide bonds. The standard InChI is InChI=1S/C21H25FN4O3/c1-29-20-17-13(19(27)14(21(23)28)9-26(17)12-4-5-12)7-15(22)18(20)25-8-11-3-2-6-24-16(11)10-25/h7,9,11-12,16,24H,2-6,8,10H2,1H3,(H2,23,28). The van der Waals surface area contributed by atoms with Crippen molar-refractivity contribution in [2.24, 2.45) is 11.7 Å². The number of rotatable bonds is 4. The van der Waals surface area contributed by atoms with Gasteiger partial charge in [0.1, 0.15) is 11.3 Å². The Morgan fingerprint density at radius 3 is 2.76 bits per heavy atom. The number of ether oxygens (including phenoxy) is 1. The van der Waals surface area contributed by atoms with Crippen molar-refractivity contribution in [2.75, 3.05) is 31.6 Å². The summed E-state index contributed by atoms with van der Waals surface area (Å²) in [6.45, 7) is 2.45. The van der Waals surface area contributed by atoms with E-state index in [1.54, 1.807) is 0 Å². The second kappa shape index (κ2) is 6.73. The second-order valence-electron chi connectivity index (χ2n) is 8.38. The summed E-state index contributed by atoms with van der Waals surface area (Å²) in [6, 6.07) is 1.74. The van der Waals surface area contributed by atoms with Gasteiger partial charge in [0.05, 0.1) is 18.0 Å². The fraction of sp³-hybridized carbons (Fsp3) is 0.524. The highest BCUT2D eigenvalue weighted by molar-refractivity contribution is 5.99. The van der Waals surface area contributed by atoms with E-state index >= 15 is 4.39 Å². The van der Waals surface area contributed by atoms with E-state index in [2.05, 4.69) is 5.32 Å². The van der Waals surface area contributed by atoms with Crippen molar-refractivity contribution in [2.45, 2.75) is 37.8 Å². The van der Waals surface area contributed by atoms with E-state index < -0.39 is 17.2 Å². The number of nitrogens with zero attached hydrogens (tertiary/aromatic N) is 2. The number of carbonyl (C=O) groups excluding carboxylic acids is 1. The zero-order valence-electron chi connectivity index (χ0n) is 16.4. The molecule has 3 N–H and O–H groups in total. The Morgan fingerprint density at radius 1 is 1.31 bits per heavy atom. The first-order valence-electron chi connectivity index (χ1n) is 10.2. The predicted molar refractivity (Wildman–Crippen MR) is 108 cm³/mol. The van der Waals surface area contributed by atoms with Crippen LogP contribution in [0, 0.1) is 11.7 Å². The number of carbonyl (C=O) groups is 1. The number of pyridine rings is 1. The Morgan fingerprint density at radius 2 is 2.10 bits per heavy atom. The summed E-state index contributed by atoms with van der Waals surface area (Å²) < 4.78 is 22.9. The molecule has 0 bridgehead atoms. The van der Waals surface area contributed by atoms with E-state index in [1.165, 1.54) is 19.4 Å². The molecule has 29 heavy (non-hydrogen) atoms. The van der Waals surface area contributed by atoms with Gasteiger partial charge in [0, 0.05) is 31.4 Å². The molecule has 2 aromatic rings. The Labute approximate surface area is 167 Å². The van der Waals surface area contributed by atoms with Crippen molar-refractivity contribution >= 4 is 22.5 Å². The summed E-state index contributed by atoms with van der Waals surface area (Å²) in [4.78, 5) is 26.7. The lowest BCUT2D eigenvalue weighted by molar-refractivity contribution is 0.0998. The highest BCUT2D eigenvalue weighted by atomic mass is 19.1. The quantitative estimate of drug-likeness (QED) is 0.817. The van der Waals surface area contributed by atoms with E-state index in [4.69, 9.17) is 10.5 Å². The third-order valence-corrected chi connectivity index (χ3v) is 6.52. The molecule has 0 spiro atoms. The zero-order valence-corrected chi connectivity index (χ0v) is 16.4. The molecule has 0 radical (unpaired) electrons. The maximum atomic E-state index is 15.4. The van der Waals surface area contributed by atoms with Crippen LogP contribution in [0.4, 0.5) is 10.1 Å². The minimum Gasteiger partial charge on any atom is -0.492 e. The summed E-state index contributed by atoms with van der Waals surface area (Å²) in [6.07, 6.45) is 5.64. The van der Waals surface area contributed by atoms with Gasteiger partial charge in [-0.25, -0.2) is 4.39 Å². The van der Waals surface area contributed by atoms with Crippen LogP contribution in [0.5, 0.6) is 5.75 Å². The van der Waals surface area contributed by atoms with Gasteiger partial charge in [-0.05, 0) is 44.2 Å². The number of nitrogens with two attached hydrogens (primary N) is 1. The summed E-state index contributed by atoms with van der Waals surface area (Å²) in [5.41, 5.74) is 5.69. The van der Waals surface area contributed by atoms with Crippen molar-refractivity contribution in [3.8, 4) is 5.75 Å². The number of hydrogen-bond acceptors (Lipinski definition) is 5. The number of nitrogens with one attached hydrogen (secondary N) is 1. The molecule has 3 fully saturated rings. The molecule has 2 saturated heterocycles. The lowest BCUT2D eigenvalue weighted by atomic mass is 9.94. The van der Waals surface area contributed by atoms with E-state index in [-0.39, 0.29) is 17.0 Å². The third kappa shape index (κ3) is 2.88. The van der Waals surface area contributed by atoms with Gasteiger partial charge >= 0.3 is 0 Å². The highest BCUT2D eigenvalue weighted by Gasteiger charge is 2.38. The molecule has 3 heterocycles. The Balaban J connectivity index is 1.73. The fourth-order valence-electron chi connectivity index (χ4n) is 4.98. The average Bonchev–Trinajstić information content (AvgIpc) is 3.45. The summed E-state index contributed by atoms with van der Waals surface area (Å²) in [5.74, 6) is -0.469. The number of methoxy groups -OCH3 is 1. The second-order valence-corrected chi connectivity index (χ2v) is 8.38. The molecule has 2 aliphatic heterocycles. The molecule has 2 unspecified atom stereocenters. The maximum Gasteiger partial charge on any atom is 0.254 e. The van der Waals surface area contributed by atoms with Gasteiger partial charge in [0.2, 0.25) is 5.43 Å². The van der Waals surface area contributed by atoms with Crippen molar-refractivity contribution in [3.05, 3.63) is 33.9 Å². The van der Waals surface area contributed by atoms with Gasteiger partial charge in [-0.1, -0.05) is 0 Å². The van der Waals surface area contributed by atoms with Crippen LogP contribution in [0.15, 0.2) is 17.1 Å². The number of primary amides is 1. The van der Waals surface area contributed by atoms with E-state index in [0.29, 0.717) is 35.5 Å². The largest absolute Gasteiger partial charge is 0.492 e. The first-order valence-corrected chi connectivity index (χ1v) is 10.2. The number of fused-ring (bicyclic) bond motifs is 2. The van der Waals surface area contributed by atoms with Crippen LogP contribution in [0.3, 0.4) is 0 Å². The van der Waals surface area contributed by atoms with Crippen molar-refractivity contribution in [1.29, 1.82) is 0 Å². The van der Waals surface area contributed by atoms with Crippen LogP contribution < -0.4 is 26.1 Å². The van der Waals surface area contributed by atoms with Gasteiger partial charge in [-0.2, -0.15) is 0 Å². The Kier molecular flexibility index (Phi) is 4.27. The van der Waals surface area contributed by atoms with Crippen molar-refractivity contribution < 1.29 is 13.9 Å². The number of amides is 1. The van der Waals surface area contributed by atoms with Crippen molar-refractivity contribution in [1.82, 2.24) is 9.88 Å². The first-order chi connectivity index (χ1) is 14.0. The molecule has 1 aliphatic carbocycles. The number of benzene rings is 1. The van der Waals surface area contributed by atoms with Crippen LogP contribution in [0.2, 0.25) is 0 Å². The van der Waals surface area contributed by atoms with Gasteiger partial charge in [-0.3, -0.25) is 9.59 Å². The van der Waals surface area contributed by atoms with Gasteiger partial charge in [0.25, 0.3) is 5.91 Å². The molecular formula is C21H25FN4O3. The molecular weight excluding hydrogens is 375 g/mol. The number of halogens is 1. The predicted octanol–water partition coefficient (Wildman–Crippen LogP) is 1.77. The first kappa shape index (κ1) is 18.4. The minimum absolute atomic E-state index is 0.116. The molecule has 5 rings (SSSR count). The molecule has 1 saturated carbocycles. The molecule has 7 nitrogen and oxygen atoms in total. The average molecular weight is 400 g/mol. The summed E-state index contributed by atoms with van der Waals surface area (Å²) in [5, 5.41) is 3.67. The van der Waals surface area contributed by atoms with Gasteiger partial charge < -0.3 is 25.3 Å². The summed E-state index contributed by atoms with van der Waals surface area (Å²) >= 11 is 0. The number of anilines is 1. The monoisotopic (exact) mass is 400 g/mol. The fourth-order valence-corrected chi connectivity index (χ4v) is 4.98. The third-order valence-electron chi connectivity index (χ3n) is 6.52. The number of piperidine rings is 1. The normalized spacial score (nSPS) is 24.0. The topological polar surface area (TPSA) is 89.6 Å². The molecule has 8 heteroatoms. The van der Waals surface area contributed by atoms with Crippen LogP contribution in [-0.2, 0) is 0 Å². The molecule has 1 aromatic heterocycles. The van der Waals surface area contributed by atoms with E-state index in [0.717, 1.165) is 38.8 Å². The Bertz CT molecular complexity index is 1050. The number of hydrogen-bond donors (Lipinski definition) is 2. The van der Waals surface area contributed by atoms with Crippen LogP contribution in [-0.4, -0.2) is 43.3 Å². The van der Waals surface area contributed by atoms with Gasteiger partial charge in [0.15, 0.2) is 11.6 Å². The lowest BCUT2D eigenvalue weighted by Crippen LogP contribution is -2.40. The summed E-state index contributed by atoms with van der Waals surface area (Å²) in [7, 11) is 1.50. The van der Waals surface area contributed by atoms with E-state index in [1.807, 2.05) is 9.47 Å². The van der Waals surface area contributed by atoms with E-state index in [9.17, 15) is 9.59 Å². The van der Waals surface area contributed by atoms with Gasteiger partial charge in [-0.15, -0.1) is 0 Å². The smallest absolute Gasteiger partial charge is 0.254 e. The van der Waals surface area contributed by atoms with Crippen LogP contribution in [0.1, 0.15) is 42.1 Å². The molecule has 1 aromatic carbocycles. The zero-order chi connectivity index (χ0) is 20.3. The minimum atomic E-state index is -0.801. The SMILES string of the molecule is COc1c(N2CC3CCCNC3C2)c(F)cc2c(=O)c(C(N)=O)cn(C3CC3)c12. The maximum absolute atomic E-state index is 15.4. The molecule has 154 valence electrons. The highest BCUT2D eigenvalue weighted by Crippen LogP contribution is 2.45. The van der Waals surface area contributed by atoms with Crippen molar-refractivity contribution in [3.63, 3.8) is 0 Å². The molecule has 3 aliphatic rings.